The molecule has 2 aliphatic carbocycles. The van der Waals surface area contributed by atoms with Crippen LogP contribution in [-0.4, -0.2) is 16.0 Å². The van der Waals surface area contributed by atoms with Crippen LogP contribution in [0.2, 0.25) is 0 Å². The van der Waals surface area contributed by atoms with Crippen molar-refractivity contribution in [2.75, 3.05) is 10.7 Å². The largest absolute Gasteiger partial charge is 0.367 e. The first-order valence-electron chi connectivity index (χ1n) is 7.29. The van der Waals surface area contributed by atoms with Crippen LogP contribution in [0.3, 0.4) is 0 Å². The molecular formula is C14H23N5. The number of aromatic nitrogens is 2. The predicted octanol–water partition coefficient (Wildman–Crippen LogP) is 2.49. The lowest BCUT2D eigenvalue weighted by Gasteiger charge is -2.19. The van der Waals surface area contributed by atoms with Crippen LogP contribution in [-0.2, 0) is 0 Å². The Morgan fingerprint density at radius 3 is 2.16 bits per heavy atom. The molecule has 0 aliphatic heterocycles. The molecule has 1 heterocycles. The maximum absolute atomic E-state index is 5.49. The Kier molecular flexibility index (Phi) is 3.31. The minimum absolute atomic E-state index is 0.300. The fraction of sp³-hybridized carbons (Fsp3) is 0.714. The average molecular weight is 261 g/mol. The van der Waals surface area contributed by atoms with Crippen LogP contribution in [0.4, 0.5) is 11.6 Å². The molecule has 5 nitrogen and oxygen atoms in total. The SMILES string of the molecule is CC(C)c1nc(NN)cc(NC(C2CC2)C2CC2)n1. The van der Waals surface area contributed by atoms with E-state index in [4.69, 9.17) is 5.84 Å². The Morgan fingerprint density at radius 2 is 1.68 bits per heavy atom. The zero-order valence-corrected chi connectivity index (χ0v) is 11.7. The van der Waals surface area contributed by atoms with Gasteiger partial charge in [0.2, 0.25) is 0 Å². The zero-order valence-electron chi connectivity index (χ0n) is 11.7. The van der Waals surface area contributed by atoms with Crippen molar-refractivity contribution in [1.29, 1.82) is 0 Å². The molecule has 0 atom stereocenters. The average Bonchev–Trinajstić information content (AvgIpc) is 3.28. The third-order valence-corrected chi connectivity index (χ3v) is 3.98. The molecule has 2 fully saturated rings. The van der Waals surface area contributed by atoms with E-state index in [2.05, 4.69) is 34.6 Å². The lowest BCUT2D eigenvalue weighted by atomic mass is 10.1. The molecule has 2 saturated carbocycles. The monoisotopic (exact) mass is 261 g/mol. The molecule has 3 rings (SSSR count). The van der Waals surface area contributed by atoms with Gasteiger partial charge in [0, 0.05) is 18.0 Å². The number of nitrogens with zero attached hydrogens (tertiary/aromatic N) is 2. The van der Waals surface area contributed by atoms with Crippen LogP contribution in [0.15, 0.2) is 6.07 Å². The van der Waals surface area contributed by atoms with Crippen molar-refractivity contribution >= 4 is 11.6 Å². The summed E-state index contributed by atoms with van der Waals surface area (Å²) in [7, 11) is 0. The predicted molar refractivity (Wildman–Crippen MR) is 76.8 cm³/mol. The minimum atomic E-state index is 0.300. The fourth-order valence-electron chi connectivity index (χ4n) is 2.57. The van der Waals surface area contributed by atoms with E-state index in [-0.39, 0.29) is 0 Å². The number of nitrogen functional groups attached to an aromatic ring is 1. The van der Waals surface area contributed by atoms with E-state index >= 15 is 0 Å². The van der Waals surface area contributed by atoms with Crippen molar-refractivity contribution in [2.45, 2.75) is 51.5 Å². The van der Waals surface area contributed by atoms with Gasteiger partial charge < -0.3 is 10.7 Å². The Balaban J connectivity index is 1.80. The lowest BCUT2D eigenvalue weighted by molar-refractivity contribution is 0.564. The van der Waals surface area contributed by atoms with E-state index < -0.39 is 0 Å². The minimum Gasteiger partial charge on any atom is -0.367 e. The number of rotatable bonds is 6. The van der Waals surface area contributed by atoms with E-state index in [0.717, 1.165) is 23.5 Å². The summed E-state index contributed by atoms with van der Waals surface area (Å²) in [6.45, 7) is 4.19. The maximum atomic E-state index is 5.49. The van der Waals surface area contributed by atoms with Crippen molar-refractivity contribution in [3.05, 3.63) is 11.9 Å². The molecule has 1 aromatic rings. The summed E-state index contributed by atoms with van der Waals surface area (Å²) in [4.78, 5) is 9.02. The van der Waals surface area contributed by atoms with Gasteiger partial charge in [-0.2, -0.15) is 0 Å². The normalized spacial score (nSPS) is 19.0. The summed E-state index contributed by atoms with van der Waals surface area (Å²) < 4.78 is 0. The highest BCUT2D eigenvalue weighted by atomic mass is 15.3. The summed E-state index contributed by atoms with van der Waals surface area (Å²) in [5.74, 6) is 9.92. The van der Waals surface area contributed by atoms with Gasteiger partial charge in [-0.25, -0.2) is 15.8 Å². The molecule has 4 N–H and O–H groups in total. The van der Waals surface area contributed by atoms with Crippen molar-refractivity contribution in [3.8, 4) is 0 Å². The quantitative estimate of drug-likeness (QED) is 0.542. The van der Waals surface area contributed by atoms with Crippen LogP contribution in [0.25, 0.3) is 0 Å². The Morgan fingerprint density at radius 1 is 1.11 bits per heavy atom. The highest BCUT2D eigenvalue weighted by molar-refractivity contribution is 5.48. The van der Waals surface area contributed by atoms with Gasteiger partial charge in [-0.05, 0) is 37.5 Å². The van der Waals surface area contributed by atoms with Crippen molar-refractivity contribution in [1.82, 2.24) is 9.97 Å². The molecule has 0 spiro atoms. The van der Waals surface area contributed by atoms with E-state index in [1.807, 2.05) is 6.07 Å². The first-order chi connectivity index (χ1) is 9.17. The van der Waals surface area contributed by atoms with Gasteiger partial charge in [0.25, 0.3) is 0 Å². The molecule has 0 unspecified atom stereocenters. The second-order valence-corrected chi connectivity index (χ2v) is 6.14. The molecular weight excluding hydrogens is 238 g/mol. The molecule has 5 heteroatoms. The Bertz CT molecular complexity index is 439. The van der Waals surface area contributed by atoms with Gasteiger partial charge in [-0.3, -0.25) is 0 Å². The molecule has 1 aromatic heterocycles. The van der Waals surface area contributed by atoms with Crippen LogP contribution in [0.1, 0.15) is 51.3 Å². The van der Waals surface area contributed by atoms with Crippen LogP contribution < -0.4 is 16.6 Å². The van der Waals surface area contributed by atoms with Gasteiger partial charge >= 0.3 is 0 Å². The Labute approximate surface area is 114 Å². The Hall–Kier alpha value is -1.36. The van der Waals surface area contributed by atoms with Crippen LogP contribution in [0, 0.1) is 11.8 Å². The summed E-state index contributed by atoms with van der Waals surface area (Å²) >= 11 is 0. The van der Waals surface area contributed by atoms with E-state index in [9.17, 15) is 0 Å². The number of nitrogens with one attached hydrogen (secondary N) is 2. The first kappa shape index (κ1) is 12.7. The number of anilines is 2. The van der Waals surface area contributed by atoms with E-state index in [1.54, 1.807) is 0 Å². The molecule has 0 amide bonds. The second kappa shape index (κ2) is 4.96. The number of hydrogen-bond donors (Lipinski definition) is 3. The van der Waals surface area contributed by atoms with Gasteiger partial charge in [-0.15, -0.1) is 0 Å². The van der Waals surface area contributed by atoms with Crippen molar-refractivity contribution in [3.63, 3.8) is 0 Å². The molecule has 19 heavy (non-hydrogen) atoms. The van der Waals surface area contributed by atoms with Gasteiger partial charge in [0.05, 0.1) is 0 Å². The third-order valence-electron chi connectivity index (χ3n) is 3.98. The first-order valence-corrected chi connectivity index (χ1v) is 7.29. The molecule has 0 aromatic carbocycles. The summed E-state index contributed by atoms with van der Waals surface area (Å²) in [6, 6.07) is 2.50. The molecule has 0 radical (unpaired) electrons. The molecule has 104 valence electrons. The van der Waals surface area contributed by atoms with E-state index in [1.165, 1.54) is 25.7 Å². The fourth-order valence-corrected chi connectivity index (χ4v) is 2.57. The van der Waals surface area contributed by atoms with Gasteiger partial charge in [0.15, 0.2) is 0 Å². The smallest absolute Gasteiger partial charge is 0.145 e. The summed E-state index contributed by atoms with van der Waals surface area (Å²) in [5.41, 5.74) is 2.63. The lowest BCUT2D eigenvalue weighted by Crippen LogP contribution is -2.25. The highest BCUT2D eigenvalue weighted by Crippen LogP contribution is 2.45. The zero-order chi connectivity index (χ0) is 13.4. The van der Waals surface area contributed by atoms with Crippen molar-refractivity contribution < 1.29 is 0 Å². The molecule has 0 bridgehead atoms. The van der Waals surface area contributed by atoms with E-state index in [0.29, 0.717) is 17.8 Å². The second-order valence-electron chi connectivity index (χ2n) is 6.14. The van der Waals surface area contributed by atoms with Gasteiger partial charge in [0.1, 0.15) is 17.5 Å². The highest BCUT2D eigenvalue weighted by Gasteiger charge is 2.41. The number of hydrogen-bond acceptors (Lipinski definition) is 5. The molecule has 2 aliphatic rings. The topological polar surface area (TPSA) is 75.9 Å². The van der Waals surface area contributed by atoms with Crippen LogP contribution in [0.5, 0.6) is 0 Å². The number of hydrazine groups is 1. The number of nitrogens with two attached hydrogens (primary N) is 1. The standard InChI is InChI=1S/C14H23N5/c1-8(2)14-17-11(7-12(18-14)19-15)16-13(9-3-4-9)10-5-6-10/h7-10,13H,3-6,15H2,1-2H3,(H2,16,17,18,19). The van der Waals surface area contributed by atoms with Crippen molar-refractivity contribution in [2.24, 2.45) is 17.7 Å². The van der Waals surface area contributed by atoms with Crippen LogP contribution >= 0.6 is 0 Å². The summed E-state index contributed by atoms with van der Waals surface area (Å²) in [5, 5.41) is 3.63. The third kappa shape index (κ3) is 2.97. The molecule has 0 saturated heterocycles. The van der Waals surface area contributed by atoms with Gasteiger partial charge in [-0.1, -0.05) is 13.8 Å². The summed E-state index contributed by atoms with van der Waals surface area (Å²) in [6.07, 6.45) is 5.44. The maximum Gasteiger partial charge on any atom is 0.145 e.